The van der Waals surface area contributed by atoms with Crippen LogP contribution >= 0.6 is 11.3 Å². The topological polar surface area (TPSA) is 83.8 Å². The second kappa shape index (κ2) is 6.07. The molecule has 4 aromatic rings. The van der Waals surface area contributed by atoms with Crippen LogP contribution in [-0.4, -0.2) is 15.8 Å². The van der Waals surface area contributed by atoms with E-state index in [2.05, 4.69) is 15.3 Å². The highest BCUT2D eigenvalue weighted by Gasteiger charge is 2.20. The van der Waals surface area contributed by atoms with Crippen molar-refractivity contribution in [2.45, 2.75) is 6.92 Å². The van der Waals surface area contributed by atoms with E-state index in [4.69, 9.17) is 5.73 Å². The number of anilines is 3. The molecule has 0 amide bonds. The first-order chi connectivity index (χ1) is 12.1. The van der Waals surface area contributed by atoms with E-state index in [9.17, 15) is 4.79 Å². The zero-order chi connectivity index (χ0) is 17.4. The lowest BCUT2D eigenvalue weighted by molar-refractivity contribution is 0.104. The number of fused-ring (bicyclic) bond motifs is 1. The highest BCUT2D eigenvalue weighted by molar-refractivity contribution is 7.18. The summed E-state index contributed by atoms with van der Waals surface area (Å²) in [4.78, 5) is 20.8. The second-order valence-electron chi connectivity index (χ2n) is 5.80. The molecule has 6 heteroatoms. The Bertz CT molecular complexity index is 1080. The predicted octanol–water partition coefficient (Wildman–Crippen LogP) is 4.49. The number of nitrogen functional groups attached to an aromatic ring is 1. The number of hydrogen-bond donors (Lipinski definition) is 3. The Morgan fingerprint density at radius 1 is 1.20 bits per heavy atom. The first kappa shape index (κ1) is 15.4. The van der Waals surface area contributed by atoms with Crippen molar-refractivity contribution in [3.05, 3.63) is 70.7 Å². The highest BCUT2D eigenvalue weighted by atomic mass is 32.1. The predicted molar refractivity (Wildman–Crippen MR) is 103 cm³/mol. The molecular weight excluding hydrogens is 332 g/mol. The van der Waals surface area contributed by atoms with Gasteiger partial charge in [0.1, 0.15) is 10.7 Å². The Balaban J connectivity index is 1.67. The van der Waals surface area contributed by atoms with Crippen LogP contribution in [0.2, 0.25) is 0 Å². The third-order valence-corrected chi connectivity index (χ3v) is 4.95. The first-order valence-corrected chi connectivity index (χ1v) is 8.64. The molecule has 0 saturated carbocycles. The van der Waals surface area contributed by atoms with Crippen LogP contribution in [0.5, 0.6) is 0 Å². The summed E-state index contributed by atoms with van der Waals surface area (Å²) in [6, 6.07) is 15.6. The Hall–Kier alpha value is -3.12. The molecular formula is C19H16N4OS. The maximum atomic E-state index is 12.9. The number of ketones is 1. The van der Waals surface area contributed by atoms with Gasteiger partial charge in [-0.2, -0.15) is 0 Å². The summed E-state index contributed by atoms with van der Waals surface area (Å²) < 4.78 is 0. The van der Waals surface area contributed by atoms with Gasteiger partial charge in [-0.05, 0) is 30.7 Å². The highest BCUT2D eigenvalue weighted by Crippen LogP contribution is 2.31. The standard InChI is InChI=1S/C19H16N4OS/c1-11-5-4-6-12(9-11)22-19-23-18(20)17(25-19)16(24)14-10-21-15-8-3-2-7-13(14)15/h2-10,21H,20H2,1H3,(H,22,23). The number of aromatic amines is 1. The van der Waals surface area contributed by atoms with Crippen LogP contribution in [0.3, 0.4) is 0 Å². The van der Waals surface area contributed by atoms with Gasteiger partial charge in [-0.15, -0.1) is 0 Å². The van der Waals surface area contributed by atoms with E-state index in [1.807, 2.05) is 55.5 Å². The number of benzene rings is 2. The van der Waals surface area contributed by atoms with E-state index < -0.39 is 0 Å². The molecule has 25 heavy (non-hydrogen) atoms. The van der Waals surface area contributed by atoms with Gasteiger partial charge < -0.3 is 16.0 Å². The van der Waals surface area contributed by atoms with E-state index in [0.29, 0.717) is 15.6 Å². The van der Waals surface area contributed by atoms with Gasteiger partial charge in [0.05, 0.1) is 0 Å². The minimum Gasteiger partial charge on any atom is -0.382 e. The van der Waals surface area contributed by atoms with E-state index in [0.717, 1.165) is 22.2 Å². The van der Waals surface area contributed by atoms with Crippen LogP contribution in [0.4, 0.5) is 16.6 Å². The number of thiazole rings is 1. The normalized spacial score (nSPS) is 10.9. The average molecular weight is 348 g/mol. The van der Waals surface area contributed by atoms with Crippen molar-refractivity contribution in [2.24, 2.45) is 0 Å². The minimum atomic E-state index is -0.121. The van der Waals surface area contributed by atoms with Crippen molar-refractivity contribution >= 4 is 44.7 Å². The summed E-state index contributed by atoms with van der Waals surface area (Å²) in [5.74, 6) is 0.125. The maximum Gasteiger partial charge on any atom is 0.208 e. The molecule has 2 aromatic heterocycles. The van der Waals surface area contributed by atoms with Crippen molar-refractivity contribution in [3.8, 4) is 0 Å². The number of nitrogens with zero attached hydrogens (tertiary/aromatic N) is 1. The zero-order valence-corrected chi connectivity index (χ0v) is 14.4. The Kier molecular flexibility index (Phi) is 3.74. The van der Waals surface area contributed by atoms with Gasteiger partial charge in [-0.3, -0.25) is 4.79 Å². The molecule has 5 nitrogen and oxygen atoms in total. The minimum absolute atomic E-state index is 0.121. The monoisotopic (exact) mass is 348 g/mol. The Morgan fingerprint density at radius 2 is 2.04 bits per heavy atom. The van der Waals surface area contributed by atoms with E-state index >= 15 is 0 Å². The SMILES string of the molecule is Cc1cccc(Nc2nc(N)c(C(=O)c3c[nH]c4ccccc34)s2)c1. The van der Waals surface area contributed by atoms with Crippen molar-refractivity contribution in [3.63, 3.8) is 0 Å². The summed E-state index contributed by atoms with van der Waals surface area (Å²) in [7, 11) is 0. The van der Waals surface area contributed by atoms with Crippen molar-refractivity contribution in [1.82, 2.24) is 9.97 Å². The van der Waals surface area contributed by atoms with Gasteiger partial charge in [-0.25, -0.2) is 4.98 Å². The van der Waals surface area contributed by atoms with Crippen molar-refractivity contribution < 1.29 is 4.79 Å². The number of aromatic nitrogens is 2. The summed E-state index contributed by atoms with van der Waals surface area (Å²) in [6.45, 7) is 2.02. The number of H-pyrrole nitrogens is 1. The van der Waals surface area contributed by atoms with Crippen LogP contribution in [0.1, 0.15) is 20.8 Å². The number of hydrogen-bond acceptors (Lipinski definition) is 5. The number of rotatable bonds is 4. The summed E-state index contributed by atoms with van der Waals surface area (Å²) in [6.07, 6.45) is 1.72. The fourth-order valence-electron chi connectivity index (χ4n) is 2.78. The smallest absolute Gasteiger partial charge is 0.208 e. The second-order valence-corrected chi connectivity index (χ2v) is 6.80. The number of nitrogens with two attached hydrogens (primary N) is 1. The third kappa shape index (κ3) is 2.88. The van der Waals surface area contributed by atoms with Gasteiger partial charge in [-0.1, -0.05) is 41.7 Å². The molecule has 0 aliphatic rings. The van der Waals surface area contributed by atoms with Crippen LogP contribution < -0.4 is 11.1 Å². The molecule has 2 heterocycles. The number of nitrogens with one attached hydrogen (secondary N) is 2. The summed E-state index contributed by atoms with van der Waals surface area (Å²) in [5.41, 5.74) is 9.59. The molecule has 0 atom stereocenters. The van der Waals surface area contributed by atoms with Crippen LogP contribution in [-0.2, 0) is 0 Å². The number of aryl methyl sites for hydroxylation is 1. The van der Waals surface area contributed by atoms with Gasteiger partial charge in [0.25, 0.3) is 0 Å². The lowest BCUT2D eigenvalue weighted by Gasteiger charge is -2.02. The molecule has 0 radical (unpaired) electrons. The largest absolute Gasteiger partial charge is 0.382 e. The third-order valence-electron chi connectivity index (χ3n) is 3.96. The maximum absolute atomic E-state index is 12.9. The molecule has 0 aliphatic carbocycles. The van der Waals surface area contributed by atoms with Crippen LogP contribution in [0, 0.1) is 6.92 Å². The average Bonchev–Trinajstić information content (AvgIpc) is 3.18. The lowest BCUT2D eigenvalue weighted by atomic mass is 10.1. The Labute approximate surface area is 148 Å². The van der Waals surface area contributed by atoms with E-state index in [-0.39, 0.29) is 11.6 Å². The van der Waals surface area contributed by atoms with Crippen LogP contribution in [0.25, 0.3) is 10.9 Å². The number of carbonyl (C=O) groups excluding carboxylic acids is 1. The zero-order valence-electron chi connectivity index (χ0n) is 13.5. The van der Waals surface area contributed by atoms with E-state index in [1.165, 1.54) is 11.3 Å². The fraction of sp³-hybridized carbons (Fsp3) is 0.0526. The molecule has 2 aromatic carbocycles. The molecule has 0 bridgehead atoms. The Morgan fingerprint density at radius 3 is 2.88 bits per heavy atom. The molecule has 0 unspecified atom stereocenters. The molecule has 4 rings (SSSR count). The molecule has 0 fully saturated rings. The fourth-order valence-corrected chi connectivity index (χ4v) is 3.64. The van der Waals surface area contributed by atoms with Gasteiger partial charge in [0.15, 0.2) is 5.13 Å². The van der Waals surface area contributed by atoms with Crippen LogP contribution in [0.15, 0.2) is 54.7 Å². The molecule has 0 aliphatic heterocycles. The number of para-hydroxylation sites is 1. The molecule has 124 valence electrons. The van der Waals surface area contributed by atoms with Gasteiger partial charge in [0, 0.05) is 28.4 Å². The molecule has 4 N–H and O–H groups in total. The van der Waals surface area contributed by atoms with Crippen molar-refractivity contribution in [1.29, 1.82) is 0 Å². The van der Waals surface area contributed by atoms with Crippen molar-refractivity contribution in [2.75, 3.05) is 11.1 Å². The molecule has 0 saturated heterocycles. The van der Waals surface area contributed by atoms with Gasteiger partial charge in [0.2, 0.25) is 5.78 Å². The lowest BCUT2D eigenvalue weighted by Crippen LogP contribution is -2.01. The quantitative estimate of drug-likeness (QED) is 0.475. The molecule has 0 spiro atoms. The van der Waals surface area contributed by atoms with Gasteiger partial charge >= 0.3 is 0 Å². The number of carbonyl (C=O) groups is 1. The summed E-state index contributed by atoms with van der Waals surface area (Å²) >= 11 is 1.26. The van der Waals surface area contributed by atoms with E-state index in [1.54, 1.807) is 6.20 Å². The first-order valence-electron chi connectivity index (χ1n) is 7.82. The summed E-state index contributed by atoms with van der Waals surface area (Å²) in [5, 5.41) is 4.70.